The maximum absolute atomic E-state index is 6.02. The van der Waals surface area contributed by atoms with Crippen LogP contribution < -0.4 is 16.2 Å². The van der Waals surface area contributed by atoms with Crippen molar-refractivity contribution in [2.24, 2.45) is 16.5 Å². The van der Waals surface area contributed by atoms with Gasteiger partial charge in [-0.2, -0.15) is 0 Å². The van der Waals surface area contributed by atoms with E-state index in [9.17, 15) is 0 Å². The molecule has 0 heterocycles. The van der Waals surface area contributed by atoms with Crippen LogP contribution in [0.3, 0.4) is 0 Å². The van der Waals surface area contributed by atoms with Gasteiger partial charge < -0.3 is 16.2 Å². The lowest BCUT2D eigenvalue weighted by atomic mass is 9.89. The zero-order valence-corrected chi connectivity index (χ0v) is 15.3. The highest BCUT2D eigenvalue weighted by atomic mass is 16.5. The fourth-order valence-corrected chi connectivity index (χ4v) is 3.11. The maximum Gasteiger partial charge on any atom is 0.186 e. The standard InChI is InChI=1S/C23H25N3O/c24-23(25)26-17-18-8-7-13-21(16-18)27-15-14-22(19-9-3-1-4-10-19)20-11-5-2-6-12-20/h1-13,16,22H,14-15,17H2,(H4,24,25,26). The molecule has 3 aromatic rings. The summed E-state index contributed by atoms with van der Waals surface area (Å²) in [6, 6.07) is 29.0. The van der Waals surface area contributed by atoms with Crippen molar-refractivity contribution in [3.8, 4) is 5.75 Å². The van der Waals surface area contributed by atoms with E-state index in [2.05, 4.69) is 53.5 Å². The number of guanidine groups is 1. The summed E-state index contributed by atoms with van der Waals surface area (Å²) < 4.78 is 6.02. The first-order valence-corrected chi connectivity index (χ1v) is 9.09. The number of nitrogens with zero attached hydrogens (tertiary/aromatic N) is 1. The van der Waals surface area contributed by atoms with E-state index in [1.54, 1.807) is 0 Å². The predicted octanol–water partition coefficient (Wildman–Crippen LogP) is 4.06. The van der Waals surface area contributed by atoms with Crippen molar-refractivity contribution in [3.63, 3.8) is 0 Å². The molecule has 0 aromatic heterocycles. The first kappa shape index (κ1) is 18.5. The molecule has 0 saturated heterocycles. The SMILES string of the molecule is NC(N)=NCc1cccc(OCCC(c2ccccc2)c2ccccc2)c1. The molecule has 4 heteroatoms. The molecule has 0 saturated carbocycles. The van der Waals surface area contributed by atoms with E-state index in [1.165, 1.54) is 11.1 Å². The molecule has 4 N–H and O–H groups in total. The number of benzene rings is 3. The van der Waals surface area contributed by atoms with E-state index in [1.807, 2.05) is 36.4 Å². The molecule has 0 aliphatic rings. The molecule has 4 nitrogen and oxygen atoms in total. The first-order valence-electron chi connectivity index (χ1n) is 9.09. The van der Waals surface area contributed by atoms with Crippen molar-refractivity contribution >= 4 is 5.96 Å². The fourth-order valence-electron chi connectivity index (χ4n) is 3.11. The molecule has 3 rings (SSSR count). The number of nitrogens with two attached hydrogens (primary N) is 2. The maximum atomic E-state index is 6.02. The van der Waals surface area contributed by atoms with Gasteiger partial charge in [0.1, 0.15) is 5.75 Å². The van der Waals surface area contributed by atoms with Crippen LogP contribution >= 0.6 is 0 Å². The van der Waals surface area contributed by atoms with Crippen LogP contribution in [0, 0.1) is 0 Å². The molecule has 0 aliphatic heterocycles. The van der Waals surface area contributed by atoms with Crippen LogP contribution in [0.1, 0.15) is 29.0 Å². The Labute approximate surface area is 160 Å². The quantitative estimate of drug-likeness (QED) is 0.470. The Balaban J connectivity index is 1.66. The summed E-state index contributed by atoms with van der Waals surface area (Å²) in [7, 11) is 0. The average Bonchev–Trinajstić information content (AvgIpc) is 2.71. The molecule has 27 heavy (non-hydrogen) atoms. The number of rotatable bonds is 8. The van der Waals surface area contributed by atoms with Crippen LogP contribution in [0.4, 0.5) is 0 Å². The zero-order chi connectivity index (χ0) is 18.9. The van der Waals surface area contributed by atoms with Gasteiger partial charge in [0.15, 0.2) is 5.96 Å². The third kappa shape index (κ3) is 5.61. The van der Waals surface area contributed by atoms with Crippen molar-refractivity contribution < 1.29 is 4.74 Å². The first-order chi connectivity index (χ1) is 13.2. The zero-order valence-electron chi connectivity index (χ0n) is 15.3. The van der Waals surface area contributed by atoms with Gasteiger partial charge in [-0.15, -0.1) is 0 Å². The molecular weight excluding hydrogens is 334 g/mol. The Morgan fingerprint density at radius 3 is 2.04 bits per heavy atom. The molecule has 0 amide bonds. The molecule has 0 atom stereocenters. The minimum atomic E-state index is 0.0925. The van der Waals surface area contributed by atoms with Gasteiger partial charge in [0.2, 0.25) is 0 Å². The molecule has 0 unspecified atom stereocenters. The smallest absolute Gasteiger partial charge is 0.186 e. The van der Waals surface area contributed by atoms with Crippen LogP contribution in [-0.2, 0) is 6.54 Å². The highest BCUT2D eigenvalue weighted by Crippen LogP contribution is 2.28. The van der Waals surface area contributed by atoms with E-state index < -0.39 is 0 Å². The predicted molar refractivity (Wildman–Crippen MR) is 111 cm³/mol. The summed E-state index contributed by atoms with van der Waals surface area (Å²) >= 11 is 0. The van der Waals surface area contributed by atoms with Gasteiger partial charge in [-0.25, -0.2) is 4.99 Å². The number of aliphatic imine (C=N–C) groups is 1. The Bertz CT molecular complexity index is 820. The topological polar surface area (TPSA) is 73.6 Å². The Morgan fingerprint density at radius 2 is 1.44 bits per heavy atom. The van der Waals surface area contributed by atoms with E-state index in [-0.39, 0.29) is 5.96 Å². The Hall–Kier alpha value is -3.27. The van der Waals surface area contributed by atoms with Crippen molar-refractivity contribution in [1.82, 2.24) is 0 Å². The lowest BCUT2D eigenvalue weighted by molar-refractivity contribution is 0.303. The minimum absolute atomic E-state index is 0.0925. The second kappa shape index (κ2) is 9.43. The van der Waals surface area contributed by atoms with Gasteiger partial charge in [0.25, 0.3) is 0 Å². The van der Waals surface area contributed by atoms with Gasteiger partial charge >= 0.3 is 0 Å². The third-order valence-electron chi connectivity index (χ3n) is 4.42. The van der Waals surface area contributed by atoms with Gasteiger partial charge in [0, 0.05) is 5.92 Å². The number of hydrogen-bond donors (Lipinski definition) is 2. The minimum Gasteiger partial charge on any atom is -0.494 e. The lowest BCUT2D eigenvalue weighted by Gasteiger charge is -2.18. The molecule has 0 spiro atoms. The van der Waals surface area contributed by atoms with Crippen molar-refractivity contribution in [1.29, 1.82) is 0 Å². The van der Waals surface area contributed by atoms with Gasteiger partial charge in [-0.3, -0.25) is 0 Å². The van der Waals surface area contributed by atoms with Crippen LogP contribution in [0.25, 0.3) is 0 Å². The summed E-state index contributed by atoms with van der Waals surface area (Å²) in [4.78, 5) is 4.04. The Kier molecular flexibility index (Phi) is 6.47. The summed E-state index contributed by atoms with van der Waals surface area (Å²) in [5.41, 5.74) is 14.4. The van der Waals surface area contributed by atoms with Crippen LogP contribution in [-0.4, -0.2) is 12.6 Å². The highest BCUT2D eigenvalue weighted by Gasteiger charge is 2.14. The van der Waals surface area contributed by atoms with Crippen LogP contribution in [0.15, 0.2) is 89.9 Å². The molecule has 0 radical (unpaired) electrons. The second-order valence-electron chi connectivity index (χ2n) is 6.40. The van der Waals surface area contributed by atoms with Crippen LogP contribution in [0.2, 0.25) is 0 Å². The Morgan fingerprint density at radius 1 is 0.815 bits per heavy atom. The summed E-state index contributed by atoms with van der Waals surface area (Å²) in [5.74, 6) is 1.23. The summed E-state index contributed by atoms with van der Waals surface area (Å²) in [5, 5.41) is 0. The molecule has 0 bridgehead atoms. The fraction of sp³-hybridized carbons (Fsp3) is 0.174. The molecule has 138 valence electrons. The van der Waals surface area contributed by atoms with Crippen molar-refractivity contribution in [3.05, 3.63) is 102 Å². The van der Waals surface area contributed by atoms with E-state index in [0.717, 1.165) is 17.7 Å². The monoisotopic (exact) mass is 359 g/mol. The second-order valence-corrected chi connectivity index (χ2v) is 6.40. The van der Waals surface area contributed by atoms with E-state index in [0.29, 0.717) is 19.1 Å². The highest BCUT2D eigenvalue weighted by molar-refractivity contribution is 5.75. The van der Waals surface area contributed by atoms with E-state index >= 15 is 0 Å². The van der Waals surface area contributed by atoms with Gasteiger partial charge in [-0.1, -0.05) is 72.8 Å². The molecular formula is C23H25N3O. The van der Waals surface area contributed by atoms with Gasteiger partial charge in [0.05, 0.1) is 13.2 Å². The summed E-state index contributed by atoms with van der Waals surface area (Å²) in [6.07, 6.45) is 0.895. The number of ether oxygens (including phenoxy) is 1. The van der Waals surface area contributed by atoms with Crippen LogP contribution in [0.5, 0.6) is 5.75 Å². The molecule has 3 aromatic carbocycles. The molecule has 0 fully saturated rings. The normalized spacial score (nSPS) is 10.6. The van der Waals surface area contributed by atoms with E-state index in [4.69, 9.17) is 16.2 Å². The average molecular weight is 359 g/mol. The molecule has 0 aliphatic carbocycles. The summed E-state index contributed by atoms with van der Waals surface area (Å²) in [6.45, 7) is 1.08. The van der Waals surface area contributed by atoms with Crippen molar-refractivity contribution in [2.45, 2.75) is 18.9 Å². The number of hydrogen-bond acceptors (Lipinski definition) is 2. The lowest BCUT2D eigenvalue weighted by Crippen LogP contribution is -2.22. The van der Waals surface area contributed by atoms with Crippen molar-refractivity contribution in [2.75, 3.05) is 6.61 Å². The third-order valence-corrected chi connectivity index (χ3v) is 4.42. The largest absolute Gasteiger partial charge is 0.494 e. The van der Waals surface area contributed by atoms with Gasteiger partial charge in [-0.05, 0) is 35.2 Å².